The number of fused-ring (bicyclic) bond motifs is 1. The standard InChI is InChI=1S/C21H19N5O3S2/c1-28-15-8-12-5-6-26(18(17-4-3-7-30-17)13(12)9-16(15)29-2)21(27)14-10-31-20(24-14)19-22-11-23-25-19/h3-4,7-11,18H,5-6H2,1-2H3,(H,22,23,25)/t18-/m0/s1. The average molecular weight is 454 g/mol. The molecular formula is C21H19N5O3S2. The van der Waals surface area contributed by atoms with Crippen molar-refractivity contribution in [3.05, 3.63) is 63.1 Å². The second-order valence-electron chi connectivity index (χ2n) is 6.94. The Balaban J connectivity index is 1.55. The molecule has 5 rings (SSSR count). The van der Waals surface area contributed by atoms with Crippen LogP contribution in [0.15, 0.2) is 41.4 Å². The molecule has 0 aliphatic carbocycles. The van der Waals surface area contributed by atoms with Gasteiger partial charge in [0.25, 0.3) is 5.91 Å². The van der Waals surface area contributed by atoms with Gasteiger partial charge in [-0.15, -0.1) is 22.7 Å². The lowest BCUT2D eigenvalue weighted by atomic mass is 9.90. The summed E-state index contributed by atoms with van der Waals surface area (Å²) in [6.45, 7) is 0.582. The van der Waals surface area contributed by atoms with Crippen molar-refractivity contribution >= 4 is 28.6 Å². The maximum Gasteiger partial charge on any atom is 0.274 e. The van der Waals surface area contributed by atoms with Crippen LogP contribution in [0.25, 0.3) is 10.8 Å². The lowest BCUT2D eigenvalue weighted by Crippen LogP contribution is -2.40. The van der Waals surface area contributed by atoms with Gasteiger partial charge in [0.1, 0.15) is 12.0 Å². The van der Waals surface area contributed by atoms with Crippen molar-refractivity contribution in [1.82, 2.24) is 25.1 Å². The molecule has 0 saturated heterocycles. The molecule has 1 aliphatic heterocycles. The summed E-state index contributed by atoms with van der Waals surface area (Å²) in [6, 6.07) is 7.84. The van der Waals surface area contributed by atoms with Crippen LogP contribution in [0.4, 0.5) is 0 Å². The van der Waals surface area contributed by atoms with Crippen molar-refractivity contribution in [2.75, 3.05) is 20.8 Å². The van der Waals surface area contributed by atoms with E-state index in [2.05, 4.69) is 26.2 Å². The van der Waals surface area contributed by atoms with Crippen LogP contribution in [0.3, 0.4) is 0 Å². The van der Waals surface area contributed by atoms with Crippen LogP contribution in [0.1, 0.15) is 32.5 Å². The molecule has 31 heavy (non-hydrogen) atoms. The number of amides is 1. The van der Waals surface area contributed by atoms with Crippen molar-refractivity contribution in [2.24, 2.45) is 0 Å². The fraction of sp³-hybridized carbons (Fsp3) is 0.238. The van der Waals surface area contributed by atoms with Gasteiger partial charge in [-0.2, -0.15) is 5.10 Å². The predicted molar refractivity (Wildman–Crippen MR) is 118 cm³/mol. The van der Waals surface area contributed by atoms with E-state index < -0.39 is 0 Å². The number of nitrogens with zero attached hydrogens (tertiary/aromatic N) is 4. The minimum atomic E-state index is -0.216. The van der Waals surface area contributed by atoms with Crippen LogP contribution >= 0.6 is 22.7 Å². The quantitative estimate of drug-likeness (QED) is 0.494. The van der Waals surface area contributed by atoms with Crippen LogP contribution in [0, 0.1) is 0 Å². The van der Waals surface area contributed by atoms with Gasteiger partial charge in [-0.25, -0.2) is 9.97 Å². The molecule has 4 aromatic rings. The van der Waals surface area contributed by atoms with E-state index in [9.17, 15) is 4.79 Å². The average Bonchev–Trinajstić information content (AvgIpc) is 3.58. The van der Waals surface area contributed by atoms with E-state index >= 15 is 0 Å². The fourth-order valence-corrected chi connectivity index (χ4v) is 5.45. The van der Waals surface area contributed by atoms with Crippen LogP contribution in [-0.2, 0) is 6.42 Å². The molecule has 3 aromatic heterocycles. The number of ether oxygens (including phenoxy) is 2. The number of carbonyl (C=O) groups excluding carboxylic acids is 1. The zero-order valence-electron chi connectivity index (χ0n) is 16.9. The zero-order chi connectivity index (χ0) is 21.4. The molecule has 10 heteroatoms. The summed E-state index contributed by atoms with van der Waals surface area (Å²) in [5.74, 6) is 1.79. The summed E-state index contributed by atoms with van der Waals surface area (Å²) >= 11 is 3.00. The number of thiophene rings is 1. The normalized spacial score (nSPS) is 15.5. The molecule has 1 aliphatic rings. The van der Waals surface area contributed by atoms with Crippen molar-refractivity contribution < 1.29 is 14.3 Å². The first kappa shape index (κ1) is 19.7. The number of aromatic nitrogens is 4. The highest BCUT2D eigenvalue weighted by atomic mass is 32.1. The number of thiazole rings is 1. The molecule has 1 aromatic carbocycles. The first-order chi connectivity index (χ1) is 15.2. The molecule has 8 nitrogen and oxygen atoms in total. The fourth-order valence-electron chi connectivity index (χ4n) is 3.85. The Hall–Kier alpha value is -3.24. The Morgan fingerprint density at radius 3 is 2.77 bits per heavy atom. The van der Waals surface area contributed by atoms with Gasteiger partial charge in [0.05, 0.1) is 20.3 Å². The molecule has 1 N–H and O–H groups in total. The number of aromatic amines is 1. The van der Waals surface area contributed by atoms with Gasteiger partial charge >= 0.3 is 0 Å². The molecule has 4 heterocycles. The van der Waals surface area contributed by atoms with Gasteiger partial charge in [-0.1, -0.05) is 6.07 Å². The van der Waals surface area contributed by atoms with E-state index in [1.807, 2.05) is 28.5 Å². The molecule has 0 saturated carbocycles. The number of rotatable bonds is 5. The molecule has 0 bridgehead atoms. The van der Waals surface area contributed by atoms with E-state index in [0.29, 0.717) is 34.6 Å². The Morgan fingerprint density at radius 1 is 1.23 bits per heavy atom. The van der Waals surface area contributed by atoms with Crippen molar-refractivity contribution in [3.8, 4) is 22.3 Å². The van der Waals surface area contributed by atoms with Crippen LogP contribution in [0.5, 0.6) is 11.5 Å². The van der Waals surface area contributed by atoms with Crippen LogP contribution in [0.2, 0.25) is 0 Å². The minimum Gasteiger partial charge on any atom is -0.493 e. The lowest BCUT2D eigenvalue weighted by Gasteiger charge is -2.37. The summed E-state index contributed by atoms with van der Waals surface area (Å²) in [5, 5.41) is 11.1. The van der Waals surface area contributed by atoms with Gasteiger partial charge in [0.2, 0.25) is 0 Å². The Kier molecular flexibility index (Phi) is 5.16. The Bertz CT molecular complexity index is 1200. The molecule has 0 fully saturated rings. The summed E-state index contributed by atoms with van der Waals surface area (Å²) < 4.78 is 11.0. The van der Waals surface area contributed by atoms with Gasteiger partial charge < -0.3 is 14.4 Å². The molecule has 0 radical (unpaired) electrons. The molecule has 1 atom stereocenters. The third kappa shape index (κ3) is 3.47. The van der Waals surface area contributed by atoms with Crippen LogP contribution < -0.4 is 9.47 Å². The number of methoxy groups -OCH3 is 2. The lowest BCUT2D eigenvalue weighted by molar-refractivity contribution is 0.0691. The van der Waals surface area contributed by atoms with E-state index in [-0.39, 0.29) is 11.9 Å². The number of H-pyrrole nitrogens is 1. The maximum atomic E-state index is 13.5. The zero-order valence-corrected chi connectivity index (χ0v) is 18.5. The SMILES string of the molecule is COc1cc2c(cc1OC)[C@@H](c1cccs1)N(C(=O)c1csc(-c3ncn[nH]3)n1)CC2. The number of hydrogen-bond donors (Lipinski definition) is 1. The highest BCUT2D eigenvalue weighted by Gasteiger charge is 2.35. The summed E-state index contributed by atoms with van der Waals surface area (Å²) in [4.78, 5) is 25.2. The van der Waals surface area contributed by atoms with Gasteiger partial charge in [-0.3, -0.25) is 9.89 Å². The molecule has 158 valence electrons. The minimum absolute atomic E-state index is 0.110. The summed E-state index contributed by atoms with van der Waals surface area (Å²) in [6.07, 6.45) is 2.15. The van der Waals surface area contributed by atoms with Gasteiger partial charge in [0, 0.05) is 16.8 Å². The largest absolute Gasteiger partial charge is 0.493 e. The highest BCUT2D eigenvalue weighted by Crippen LogP contribution is 2.42. The van der Waals surface area contributed by atoms with Gasteiger partial charge in [-0.05, 0) is 41.1 Å². The second kappa shape index (κ2) is 8.12. The van der Waals surface area contributed by atoms with Crippen molar-refractivity contribution in [2.45, 2.75) is 12.5 Å². The molecule has 1 amide bonds. The molecule has 0 spiro atoms. The maximum absolute atomic E-state index is 13.5. The monoisotopic (exact) mass is 453 g/mol. The van der Waals surface area contributed by atoms with Gasteiger partial charge in [0.15, 0.2) is 22.3 Å². The molecular weight excluding hydrogens is 434 g/mol. The number of carbonyl (C=O) groups is 1. The summed E-state index contributed by atoms with van der Waals surface area (Å²) in [7, 11) is 3.25. The van der Waals surface area contributed by atoms with E-state index in [1.54, 1.807) is 30.9 Å². The van der Waals surface area contributed by atoms with Crippen molar-refractivity contribution in [1.29, 1.82) is 0 Å². The Labute approximate surface area is 186 Å². The number of benzene rings is 1. The van der Waals surface area contributed by atoms with Crippen LogP contribution in [-0.4, -0.2) is 51.7 Å². The highest BCUT2D eigenvalue weighted by molar-refractivity contribution is 7.13. The predicted octanol–water partition coefficient (Wildman–Crippen LogP) is 3.79. The number of hydrogen-bond acceptors (Lipinski definition) is 8. The Morgan fingerprint density at radius 2 is 2.06 bits per heavy atom. The summed E-state index contributed by atoms with van der Waals surface area (Å²) in [5.41, 5.74) is 2.60. The van der Waals surface area contributed by atoms with E-state index in [1.165, 1.54) is 17.7 Å². The molecule has 0 unspecified atom stereocenters. The topological polar surface area (TPSA) is 93.2 Å². The van der Waals surface area contributed by atoms with E-state index in [4.69, 9.17) is 9.47 Å². The number of nitrogens with one attached hydrogen (secondary N) is 1. The first-order valence-electron chi connectivity index (χ1n) is 9.60. The second-order valence-corrected chi connectivity index (χ2v) is 8.78. The smallest absolute Gasteiger partial charge is 0.274 e. The first-order valence-corrected chi connectivity index (χ1v) is 11.4. The third-order valence-corrected chi connectivity index (χ3v) is 7.06. The van der Waals surface area contributed by atoms with Crippen molar-refractivity contribution in [3.63, 3.8) is 0 Å². The third-order valence-electron chi connectivity index (χ3n) is 5.29. The van der Waals surface area contributed by atoms with E-state index in [0.717, 1.165) is 22.4 Å².